The molecular formula is C22H18N2O2. The van der Waals surface area contributed by atoms with Gasteiger partial charge in [0.15, 0.2) is 5.65 Å². The van der Waals surface area contributed by atoms with Crippen molar-refractivity contribution >= 4 is 11.0 Å². The Morgan fingerprint density at radius 2 is 0.962 bits per heavy atom. The standard InChI is InChI=1S/C22H18N2O2/c1-25-18-9-3-15(4-10-18)20-13-7-17-8-14-21(24-22(17)23-20)16-5-11-19(26-2)12-6-16/h3-14H,1-2H3. The van der Waals surface area contributed by atoms with Crippen LogP contribution in [0.5, 0.6) is 11.5 Å². The van der Waals surface area contributed by atoms with E-state index in [9.17, 15) is 0 Å². The maximum Gasteiger partial charge on any atom is 0.160 e. The van der Waals surface area contributed by atoms with Crippen LogP contribution in [0.15, 0.2) is 72.8 Å². The van der Waals surface area contributed by atoms with Gasteiger partial charge < -0.3 is 9.47 Å². The third-order valence-corrected chi connectivity index (χ3v) is 4.32. The third kappa shape index (κ3) is 3.09. The molecule has 0 fully saturated rings. The van der Waals surface area contributed by atoms with Gasteiger partial charge in [0.05, 0.1) is 25.6 Å². The Balaban J connectivity index is 1.73. The number of pyridine rings is 2. The second-order valence-corrected chi connectivity index (χ2v) is 5.90. The van der Waals surface area contributed by atoms with Crippen LogP contribution in [-0.2, 0) is 0 Å². The van der Waals surface area contributed by atoms with Crippen molar-refractivity contribution in [1.29, 1.82) is 0 Å². The van der Waals surface area contributed by atoms with Crippen LogP contribution >= 0.6 is 0 Å². The number of methoxy groups -OCH3 is 2. The van der Waals surface area contributed by atoms with Crippen LogP contribution in [0.4, 0.5) is 0 Å². The van der Waals surface area contributed by atoms with E-state index in [1.165, 1.54) is 0 Å². The number of fused-ring (bicyclic) bond motifs is 1. The summed E-state index contributed by atoms with van der Waals surface area (Å²) in [5, 5.41) is 1.01. The molecule has 0 saturated heterocycles. The summed E-state index contributed by atoms with van der Waals surface area (Å²) in [6.45, 7) is 0. The molecule has 0 N–H and O–H groups in total. The summed E-state index contributed by atoms with van der Waals surface area (Å²) < 4.78 is 10.4. The van der Waals surface area contributed by atoms with E-state index in [4.69, 9.17) is 19.4 Å². The first-order valence-corrected chi connectivity index (χ1v) is 8.33. The van der Waals surface area contributed by atoms with Gasteiger partial charge in [-0.2, -0.15) is 0 Å². The molecule has 4 heteroatoms. The molecule has 4 rings (SSSR count). The van der Waals surface area contributed by atoms with E-state index in [-0.39, 0.29) is 0 Å². The number of aromatic nitrogens is 2. The summed E-state index contributed by atoms with van der Waals surface area (Å²) in [5.41, 5.74) is 4.57. The molecule has 0 bridgehead atoms. The van der Waals surface area contributed by atoms with Crippen molar-refractivity contribution in [1.82, 2.24) is 9.97 Å². The molecule has 0 radical (unpaired) electrons. The fourth-order valence-corrected chi connectivity index (χ4v) is 2.84. The van der Waals surface area contributed by atoms with Crippen molar-refractivity contribution in [3.63, 3.8) is 0 Å². The van der Waals surface area contributed by atoms with Gasteiger partial charge in [-0.25, -0.2) is 9.97 Å². The minimum Gasteiger partial charge on any atom is -0.497 e. The Morgan fingerprint density at radius 1 is 0.538 bits per heavy atom. The molecule has 0 saturated carbocycles. The molecule has 26 heavy (non-hydrogen) atoms. The average Bonchev–Trinajstić information content (AvgIpc) is 2.73. The van der Waals surface area contributed by atoms with Gasteiger partial charge in [-0.05, 0) is 72.8 Å². The minimum absolute atomic E-state index is 0.728. The Bertz CT molecular complexity index is 960. The maximum absolute atomic E-state index is 5.21. The van der Waals surface area contributed by atoms with Gasteiger partial charge in [0.25, 0.3) is 0 Å². The van der Waals surface area contributed by atoms with Crippen molar-refractivity contribution in [2.24, 2.45) is 0 Å². The van der Waals surface area contributed by atoms with Crippen LogP contribution in [0, 0.1) is 0 Å². The van der Waals surface area contributed by atoms with E-state index in [2.05, 4.69) is 0 Å². The maximum atomic E-state index is 5.21. The zero-order valence-corrected chi connectivity index (χ0v) is 14.6. The highest BCUT2D eigenvalue weighted by molar-refractivity contribution is 5.81. The van der Waals surface area contributed by atoms with E-state index >= 15 is 0 Å². The van der Waals surface area contributed by atoms with Crippen molar-refractivity contribution in [2.45, 2.75) is 0 Å². The van der Waals surface area contributed by atoms with Crippen molar-refractivity contribution < 1.29 is 9.47 Å². The van der Waals surface area contributed by atoms with Crippen LogP contribution in [0.25, 0.3) is 33.5 Å². The summed E-state index contributed by atoms with van der Waals surface area (Å²) in [6.07, 6.45) is 0. The number of ether oxygens (including phenoxy) is 2. The zero-order chi connectivity index (χ0) is 17.9. The summed E-state index contributed by atoms with van der Waals surface area (Å²) >= 11 is 0. The molecule has 0 atom stereocenters. The molecule has 0 aliphatic rings. The molecule has 2 aromatic carbocycles. The van der Waals surface area contributed by atoms with E-state index < -0.39 is 0 Å². The number of hydrogen-bond donors (Lipinski definition) is 0. The minimum atomic E-state index is 0.728. The summed E-state index contributed by atoms with van der Waals surface area (Å²) in [6, 6.07) is 23.9. The molecule has 2 heterocycles. The van der Waals surface area contributed by atoms with Crippen LogP contribution in [0.1, 0.15) is 0 Å². The first-order valence-electron chi connectivity index (χ1n) is 8.33. The molecule has 0 spiro atoms. The van der Waals surface area contributed by atoms with Crippen LogP contribution in [0.3, 0.4) is 0 Å². The largest absolute Gasteiger partial charge is 0.497 e. The lowest BCUT2D eigenvalue weighted by atomic mass is 10.1. The van der Waals surface area contributed by atoms with Crippen LogP contribution in [0.2, 0.25) is 0 Å². The quantitative estimate of drug-likeness (QED) is 0.524. The number of benzene rings is 2. The Labute approximate surface area is 152 Å². The highest BCUT2D eigenvalue weighted by atomic mass is 16.5. The van der Waals surface area contributed by atoms with Gasteiger partial charge in [-0.1, -0.05) is 0 Å². The SMILES string of the molecule is COc1ccc(-c2ccc3ccc(-c4ccc(OC)cc4)nc3n2)cc1. The zero-order valence-electron chi connectivity index (χ0n) is 14.6. The third-order valence-electron chi connectivity index (χ3n) is 4.32. The van der Waals surface area contributed by atoms with Gasteiger partial charge in [0.1, 0.15) is 11.5 Å². The van der Waals surface area contributed by atoms with Gasteiger partial charge in [-0.3, -0.25) is 0 Å². The second kappa shape index (κ2) is 6.84. The fourth-order valence-electron chi connectivity index (χ4n) is 2.84. The Morgan fingerprint density at radius 3 is 1.35 bits per heavy atom. The topological polar surface area (TPSA) is 44.2 Å². The summed E-state index contributed by atoms with van der Waals surface area (Å²) in [5.74, 6) is 1.66. The molecule has 0 unspecified atom stereocenters. The van der Waals surface area contributed by atoms with E-state index in [0.717, 1.165) is 45.0 Å². The number of rotatable bonds is 4. The fraction of sp³-hybridized carbons (Fsp3) is 0.0909. The number of nitrogens with zero attached hydrogens (tertiary/aromatic N) is 2. The molecule has 0 aliphatic heterocycles. The highest BCUT2D eigenvalue weighted by Crippen LogP contribution is 2.25. The molecule has 2 aromatic heterocycles. The molecule has 4 aromatic rings. The smallest absolute Gasteiger partial charge is 0.160 e. The van der Waals surface area contributed by atoms with Gasteiger partial charge in [-0.15, -0.1) is 0 Å². The van der Waals surface area contributed by atoms with Crippen LogP contribution < -0.4 is 9.47 Å². The second-order valence-electron chi connectivity index (χ2n) is 5.90. The predicted octanol–water partition coefficient (Wildman–Crippen LogP) is 4.98. The molecule has 4 nitrogen and oxygen atoms in total. The molecule has 0 aliphatic carbocycles. The average molecular weight is 342 g/mol. The highest BCUT2D eigenvalue weighted by Gasteiger charge is 2.06. The predicted molar refractivity (Wildman–Crippen MR) is 104 cm³/mol. The van der Waals surface area contributed by atoms with Crippen LogP contribution in [-0.4, -0.2) is 24.2 Å². The Kier molecular flexibility index (Phi) is 4.23. The molecular weight excluding hydrogens is 324 g/mol. The van der Waals surface area contributed by atoms with Crippen molar-refractivity contribution in [3.8, 4) is 34.0 Å². The lowest BCUT2D eigenvalue weighted by molar-refractivity contribution is 0.415. The van der Waals surface area contributed by atoms with Gasteiger partial charge in [0.2, 0.25) is 0 Å². The lowest BCUT2D eigenvalue weighted by Crippen LogP contribution is -1.91. The van der Waals surface area contributed by atoms with Crippen molar-refractivity contribution in [2.75, 3.05) is 14.2 Å². The summed E-state index contributed by atoms with van der Waals surface area (Å²) in [4.78, 5) is 9.49. The lowest BCUT2D eigenvalue weighted by Gasteiger charge is -2.07. The van der Waals surface area contributed by atoms with E-state index in [1.807, 2.05) is 72.8 Å². The van der Waals surface area contributed by atoms with Gasteiger partial charge in [0, 0.05) is 16.5 Å². The summed E-state index contributed by atoms with van der Waals surface area (Å²) in [7, 11) is 3.32. The molecule has 128 valence electrons. The first-order chi connectivity index (χ1) is 12.8. The monoisotopic (exact) mass is 342 g/mol. The van der Waals surface area contributed by atoms with E-state index in [1.54, 1.807) is 14.2 Å². The number of hydrogen-bond acceptors (Lipinski definition) is 4. The van der Waals surface area contributed by atoms with Gasteiger partial charge >= 0.3 is 0 Å². The Hall–Kier alpha value is -3.40. The first kappa shape index (κ1) is 16.1. The molecule has 0 amide bonds. The normalized spacial score (nSPS) is 10.7. The van der Waals surface area contributed by atoms with E-state index in [0.29, 0.717) is 0 Å². The van der Waals surface area contributed by atoms with Crippen molar-refractivity contribution in [3.05, 3.63) is 72.8 Å².